The molecule has 0 unspecified atom stereocenters. The van der Waals surface area contributed by atoms with E-state index in [-0.39, 0.29) is 0 Å². The van der Waals surface area contributed by atoms with Gasteiger partial charge >= 0.3 is 0 Å². The van der Waals surface area contributed by atoms with Crippen molar-refractivity contribution < 1.29 is 0 Å². The Kier molecular flexibility index (Phi) is 4.70. The first-order valence-corrected chi connectivity index (χ1v) is 2.86. The highest BCUT2D eigenvalue weighted by molar-refractivity contribution is 5.41. The molecule has 0 aliphatic rings. The Hall–Kier alpha value is -1.56. The summed E-state index contributed by atoms with van der Waals surface area (Å²) in [7, 11) is 1.91. The molecule has 0 saturated heterocycles. The first-order chi connectivity index (χ1) is 4.93. The van der Waals surface area contributed by atoms with Gasteiger partial charge in [-0.25, -0.2) is 0 Å². The minimum absolute atomic E-state index is 1.16. The summed E-state index contributed by atoms with van der Waals surface area (Å²) in [6.07, 6.45) is 0. The van der Waals surface area contributed by atoms with Crippen LogP contribution in [-0.2, 0) is 0 Å². The molecule has 0 heterocycles. The maximum atomic E-state index is 6.00. The van der Waals surface area contributed by atoms with Crippen LogP contribution in [0.25, 0.3) is 0 Å². The highest BCUT2D eigenvalue weighted by Gasteiger charge is 1.77. The van der Waals surface area contributed by atoms with Gasteiger partial charge in [0.2, 0.25) is 0 Å². The van der Waals surface area contributed by atoms with Gasteiger partial charge < -0.3 is 5.32 Å². The minimum Gasteiger partial charge on any atom is -0.388 e. The van der Waals surface area contributed by atoms with Gasteiger partial charge in [-0.1, -0.05) is 18.2 Å². The molecular weight excluding hydrogens is 126 g/mol. The van der Waals surface area contributed by atoms with E-state index < -0.39 is 0 Å². The van der Waals surface area contributed by atoms with Crippen molar-refractivity contribution in [2.24, 2.45) is 0 Å². The Balaban J connectivity index is 0.000000371. The standard InChI is InChI=1S/C7H9N.N2/c1-8-7-5-3-2-4-6-7;1-2/h2-6,8H,1H3;. The summed E-state index contributed by atoms with van der Waals surface area (Å²) in [4.78, 5) is 0. The normalized spacial score (nSPS) is 7.10. The van der Waals surface area contributed by atoms with Crippen LogP contribution in [-0.4, -0.2) is 7.05 Å². The predicted octanol–water partition coefficient (Wildman–Crippen LogP) is 1.76. The van der Waals surface area contributed by atoms with Crippen LogP contribution in [0.3, 0.4) is 0 Å². The molecule has 0 fully saturated rings. The van der Waals surface area contributed by atoms with E-state index in [1.165, 1.54) is 0 Å². The van der Waals surface area contributed by atoms with E-state index in [2.05, 4.69) is 5.32 Å². The van der Waals surface area contributed by atoms with Gasteiger partial charge in [-0.05, 0) is 12.1 Å². The second-order valence-electron chi connectivity index (χ2n) is 1.62. The van der Waals surface area contributed by atoms with E-state index in [1.807, 2.05) is 37.4 Å². The zero-order chi connectivity index (χ0) is 7.82. The molecule has 0 bridgehead atoms. The average Bonchev–Trinajstić information content (AvgIpc) is 2.10. The van der Waals surface area contributed by atoms with E-state index in [0.29, 0.717) is 0 Å². The fraction of sp³-hybridized carbons (Fsp3) is 0.143. The number of benzene rings is 1. The molecule has 1 aromatic carbocycles. The molecule has 0 spiro atoms. The van der Waals surface area contributed by atoms with Gasteiger partial charge in [-0.2, -0.15) is 0 Å². The lowest BCUT2D eigenvalue weighted by Gasteiger charge is -1.94. The highest BCUT2D eigenvalue weighted by atomic mass is 14.8. The van der Waals surface area contributed by atoms with Crippen molar-refractivity contribution in [3.05, 3.63) is 30.3 Å². The van der Waals surface area contributed by atoms with Crippen molar-refractivity contribution in [2.45, 2.75) is 0 Å². The van der Waals surface area contributed by atoms with E-state index in [0.717, 1.165) is 5.69 Å². The molecule has 1 aromatic rings. The lowest BCUT2D eigenvalue weighted by atomic mass is 10.3. The zero-order valence-electron chi connectivity index (χ0n) is 5.78. The third-order valence-corrected chi connectivity index (χ3v) is 1.06. The topological polar surface area (TPSA) is 59.6 Å². The van der Waals surface area contributed by atoms with Gasteiger partial charge in [-0.15, -0.1) is 0 Å². The number of hydrogen-bond donors (Lipinski definition) is 1. The lowest BCUT2D eigenvalue weighted by Crippen LogP contribution is -1.84. The fourth-order valence-electron chi connectivity index (χ4n) is 0.605. The van der Waals surface area contributed by atoms with E-state index in [1.54, 1.807) is 0 Å². The van der Waals surface area contributed by atoms with Crippen LogP contribution in [0.4, 0.5) is 5.69 Å². The first kappa shape index (κ1) is 8.44. The molecule has 3 nitrogen and oxygen atoms in total. The van der Waals surface area contributed by atoms with Gasteiger partial charge in [0.05, 0.1) is 0 Å². The average molecular weight is 135 g/mol. The molecule has 0 radical (unpaired) electrons. The molecule has 10 heavy (non-hydrogen) atoms. The smallest absolute Gasteiger partial charge is 0.0337 e. The Labute approximate surface area is 60.1 Å². The van der Waals surface area contributed by atoms with Crippen LogP contribution in [0, 0.1) is 10.8 Å². The monoisotopic (exact) mass is 135 g/mol. The van der Waals surface area contributed by atoms with Gasteiger partial charge in [0.1, 0.15) is 0 Å². The van der Waals surface area contributed by atoms with Crippen LogP contribution >= 0.6 is 0 Å². The van der Waals surface area contributed by atoms with Gasteiger partial charge in [0, 0.05) is 23.5 Å². The largest absolute Gasteiger partial charge is 0.388 e. The number of hydrogen-bond acceptors (Lipinski definition) is 3. The van der Waals surface area contributed by atoms with Gasteiger partial charge in [0.15, 0.2) is 0 Å². The second-order valence-corrected chi connectivity index (χ2v) is 1.62. The van der Waals surface area contributed by atoms with Crippen molar-refractivity contribution in [1.29, 1.82) is 10.8 Å². The van der Waals surface area contributed by atoms with Crippen LogP contribution in [0.1, 0.15) is 0 Å². The number of rotatable bonds is 1. The summed E-state index contributed by atoms with van der Waals surface area (Å²) in [5.74, 6) is 0. The Bertz CT molecular complexity index is 181. The fourth-order valence-corrected chi connectivity index (χ4v) is 0.605. The number of nitrogens with zero attached hydrogens (tertiary/aromatic N) is 2. The van der Waals surface area contributed by atoms with Gasteiger partial charge in [0.25, 0.3) is 0 Å². The van der Waals surface area contributed by atoms with E-state index >= 15 is 0 Å². The summed E-state index contributed by atoms with van der Waals surface area (Å²) in [6.45, 7) is 0. The molecule has 1 rings (SSSR count). The van der Waals surface area contributed by atoms with Crippen LogP contribution in [0.5, 0.6) is 0 Å². The molecule has 0 atom stereocenters. The summed E-state index contributed by atoms with van der Waals surface area (Å²) >= 11 is 0. The zero-order valence-corrected chi connectivity index (χ0v) is 5.78. The molecule has 52 valence electrons. The summed E-state index contributed by atoms with van der Waals surface area (Å²) in [6, 6.07) is 10.1. The van der Waals surface area contributed by atoms with Crippen molar-refractivity contribution in [3.63, 3.8) is 0 Å². The van der Waals surface area contributed by atoms with Crippen molar-refractivity contribution in [2.75, 3.05) is 12.4 Å². The van der Waals surface area contributed by atoms with E-state index in [9.17, 15) is 0 Å². The van der Waals surface area contributed by atoms with Crippen LogP contribution in [0.2, 0.25) is 0 Å². The highest BCUT2D eigenvalue weighted by Crippen LogP contribution is 2.01. The Morgan fingerprint density at radius 1 is 1.10 bits per heavy atom. The summed E-state index contributed by atoms with van der Waals surface area (Å²) < 4.78 is 0. The lowest BCUT2D eigenvalue weighted by molar-refractivity contribution is 1.15. The molecule has 0 aromatic heterocycles. The quantitative estimate of drug-likeness (QED) is 0.597. The maximum absolute atomic E-state index is 6.00. The van der Waals surface area contributed by atoms with Crippen molar-refractivity contribution in [3.8, 4) is 0 Å². The maximum Gasteiger partial charge on any atom is 0.0337 e. The Morgan fingerprint density at radius 3 is 1.90 bits per heavy atom. The molecule has 1 N–H and O–H groups in total. The molecule has 3 heteroatoms. The second kappa shape index (κ2) is 5.57. The third-order valence-electron chi connectivity index (χ3n) is 1.06. The van der Waals surface area contributed by atoms with Crippen molar-refractivity contribution >= 4 is 5.69 Å². The van der Waals surface area contributed by atoms with Crippen LogP contribution < -0.4 is 5.32 Å². The molecule has 0 aliphatic heterocycles. The van der Waals surface area contributed by atoms with Gasteiger partial charge in [-0.3, -0.25) is 0 Å². The molecule has 0 saturated carbocycles. The molecular formula is C7H9N3. The molecule has 0 amide bonds. The predicted molar refractivity (Wildman–Crippen MR) is 39.4 cm³/mol. The number of anilines is 1. The minimum atomic E-state index is 1.16. The Morgan fingerprint density at radius 2 is 1.60 bits per heavy atom. The summed E-state index contributed by atoms with van der Waals surface area (Å²) in [5, 5.41) is 15.0. The van der Waals surface area contributed by atoms with E-state index in [4.69, 9.17) is 10.8 Å². The third kappa shape index (κ3) is 2.68. The van der Waals surface area contributed by atoms with Crippen LogP contribution in [0.15, 0.2) is 30.3 Å². The number of para-hydroxylation sites is 1. The SMILES string of the molecule is CNc1ccccc1.N#N. The summed E-state index contributed by atoms with van der Waals surface area (Å²) in [5.41, 5.74) is 1.16. The molecule has 0 aliphatic carbocycles. The number of nitrogens with one attached hydrogen (secondary N) is 1. The van der Waals surface area contributed by atoms with Crippen molar-refractivity contribution in [1.82, 2.24) is 0 Å². The first-order valence-electron chi connectivity index (χ1n) is 2.86.